The first-order valence-electron chi connectivity index (χ1n) is 9.35. The highest BCUT2D eigenvalue weighted by Crippen LogP contribution is 2.27. The van der Waals surface area contributed by atoms with Crippen LogP contribution in [0.3, 0.4) is 0 Å². The van der Waals surface area contributed by atoms with Crippen LogP contribution in [-0.2, 0) is 6.42 Å². The molecule has 26 heavy (non-hydrogen) atoms. The summed E-state index contributed by atoms with van der Waals surface area (Å²) in [6, 6.07) is 5.94. The summed E-state index contributed by atoms with van der Waals surface area (Å²) < 4.78 is 10.6. The fourth-order valence-electron chi connectivity index (χ4n) is 3.07. The van der Waals surface area contributed by atoms with Crippen molar-refractivity contribution in [1.29, 1.82) is 0 Å². The van der Waals surface area contributed by atoms with Crippen molar-refractivity contribution in [2.45, 2.75) is 13.3 Å². The zero-order chi connectivity index (χ0) is 18.8. The third-order valence-corrected chi connectivity index (χ3v) is 4.78. The highest BCUT2D eigenvalue weighted by Gasteiger charge is 2.14. The van der Waals surface area contributed by atoms with Crippen LogP contribution < -0.4 is 20.5 Å². The summed E-state index contributed by atoms with van der Waals surface area (Å²) in [5, 5.41) is 3.18. The number of hydrogen-bond acceptors (Lipinski definition) is 5. The van der Waals surface area contributed by atoms with Gasteiger partial charge in [0.2, 0.25) is 0 Å². The minimum absolute atomic E-state index is 0.512. The van der Waals surface area contributed by atoms with Crippen molar-refractivity contribution in [2.24, 2.45) is 10.7 Å². The summed E-state index contributed by atoms with van der Waals surface area (Å²) in [5.41, 5.74) is 7.13. The van der Waals surface area contributed by atoms with E-state index in [1.165, 1.54) is 0 Å². The van der Waals surface area contributed by atoms with Gasteiger partial charge in [-0.2, -0.15) is 0 Å². The van der Waals surface area contributed by atoms with Gasteiger partial charge in [0, 0.05) is 39.3 Å². The number of guanidine groups is 1. The third-order valence-electron chi connectivity index (χ3n) is 4.78. The molecular formula is C19H33N5O2. The van der Waals surface area contributed by atoms with Gasteiger partial charge in [0.15, 0.2) is 17.5 Å². The van der Waals surface area contributed by atoms with E-state index in [4.69, 9.17) is 15.2 Å². The van der Waals surface area contributed by atoms with Crippen LogP contribution in [-0.4, -0.2) is 82.3 Å². The van der Waals surface area contributed by atoms with Crippen molar-refractivity contribution >= 4 is 5.96 Å². The largest absolute Gasteiger partial charge is 0.493 e. The van der Waals surface area contributed by atoms with Crippen LogP contribution in [0.4, 0.5) is 0 Å². The molecule has 146 valence electrons. The molecule has 0 aromatic heterocycles. The van der Waals surface area contributed by atoms with E-state index in [2.05, 4.69) is 27.0 Å². The van der Waals surface area contributed by atoms with Gasteiger partial charge in [-0.05, 0) is 30.7 Å². The molecule has 0 spiro atoms. The number of piperazine rings is 1. The molecule has 1 heterocycles. The highest BCUT2D eigenvalue weighted by molar-refractivity contribution is 5.77. The molecule has 3 N–H and O–H groups in total. The molecule has 0 unspecified atom stereocenters. The molecule has 1 aromatic rings. The second-order valence-corrected chi connectivity index (χ2v) is 6.41. The second kappa shape index (κ2) is 10.9. The molecule has 0 atom stereocenters. The number of nitrogens with two attached hydrogens (primary N) is 1. The maximum absolute atomic E-state index is 5.97. The van der Waals surface area contributed by atoms with Gasteiger partial charge >= 0.3 is 0 Å². The smallest absolute Gasteiger partial charge is 0.188 e. The summed E-state index contributed by atoms with van der Waals surface area (Å²) in [6.45, 7) is 10.3. The molecular weight excluding hydrogens is 330 g/mol. The molecule has 1 fully saturated rings. The summed E-state index contributed by atoms with van der Waals surface area (Å²) in [4.78, 5) is 9.36. The van der Waals surface area contributed by atoms with Crippen LogP contribution in [0.1, 0.15) is 12.5 Å². The summed E-state index contributed by atoms with van der Waals surface area (Å²) >= 11 is 0. The van der Waals surface area contributed by atoms with Gasteiger partial charge in [-0.25, -0.2) is 0 Å². The number of benzene rings is 1. The molecule has 2 rings (SSSR count). The lowest BCUT2D eigenvalue weighted by Gasteiger charge is -2.33. The zero-order valence-corrected chi connectivity index (χ0v) is 16.3. The Morgan fingerprint density at radius 3 is 2.46 bits per heavy atom. The average Bonchev–Trinajstić information content (AvgIpc) is 2.68. The first-order chi connectivity index (χ1) is 12.7. The molecule has 0 amide bonds. The zero-order valence-electron chi connectivity index (χ0n) is 16.3. The van der Waals surface area contributed by atoms with Crippen molar-refractivity contribution < 1.29 is 9.47 Å². The number of likely N-dealkylation sites (N-methyl/N-ethyl adjacent to an activating group) is 1. The minimum Gasteiger partial charge on any atom is -0.493 e. The standard InChI is InChI=1S/C19H33N5O2/c1-4-23-11-13-24(14-12-23)10-9-22-19(20)21-8-7-16-5-6-17(25-2)18(15-16)26-3/h5-6,15H,4,7-14H2,1-3H3,(H3,20,21,22). The average molecular weight is 364 g/mol. The van der Waals surface area contributed by atoms with Gasteiger partial charge in [0.1, 0.15) is 0 Å². The Morgan fingerprint density at radius 2 is 1.81 bits per heavy atom. The van der Waals surface area contributed by atoms with E-state index >= 15 is 0 Å². The number of hydrogen-bond donors (Lipinski definition) is 2. The van der Waals surface area contributed by atoms with E-state index in [-0.39, 0.29) is 0 Å². The van der Waals surface area contributed by atoms with Gasteiger partial charge in [-0.1, -0.05) is 13.0 Å². The van der Waals surface area contributed by atoms with Crippen molar-refractivity contribution in [3.8, 4) is 11.5 Å². The molecule has 0 bridgehead atoms. The topological polar surface area (TPSA) is 75.4 Å². The molecule has 1 aromatic carbocycles. The fourth-order valence-corrected chi connectivity index (χ4v) is 3.07. The van der Waals surface area contributed by atoms with Crippen molar-refractivity contribution in [3.05, 3.63) is 23.8 Å². The van der Waals surface area contributed by atoms with Gasteiger partial charge < -0.3 is 25.4 Å². The summed E-state index contributed by atoms with van der Waals surface area (Å²) in [5.74, 6) is 2.00. The van der Waals surface area contributed by atoms with Crippen LogP contribution in [0.15, 0.2) is 23.2 Å². The maximum atomic E-state index is 5.97. The van der Waals surface area contributed by atoms with Crippen LogP contribution >= 0.6 is 0 Å². The Bertz CT molecular complexity index is 571. The highest BCUT2D eigenvalue weighted by atomic mass is 16.5. The summed E-state index contributed by atoms with van der Waals surface area (Å²) in [6.07, 6.45) is 0.843. The molecule has 0 aliphatic carbocycles. The lowest BCUT2D eigenvalue weighted by Crippen LogP contribution is -2.47. The van der Waals surface area contributed by atoms with Crippen molar-refractivity contribution in [2.75, 3.05) is 66.6 Å². The Balaban J connectivity index is 1.66. The number of nitrogens with one attached hydrogen (secondary N) is 1. The molecule has 1 saturated heterocycles. The van der Waals surface area contributed by atoms with Gasteiger partial charge in [-0.15, -0.1) is 0 Å². The molecule has 1 aliphatic heterocycles. The van der Waals surface area contributed by atoms with Crippen LogP contribution in [0.5, 0.6) is 11.5 Å². The molecule has 7 nitrogen and oxygen atoms in total. The third kappa shape index (κ3) is 6.38. The van der Waals surface area contributed by atoms with Gasteiger partial charge in [0.05, 0.1) is 20.8 Å². The Labute approximate surface area is 157 Å². The van der Waals surface area contributed by atoms with E-state index < -0.39 is 0 Å². The Hall–Kier alpha value is -1.99. The van der Waals surface area contributed by atoms with Crippen LogP contribution in [0.2, 0.25) is 0 Å². The number of ether oxygens (including phenoxy) is 2. The van der Waals surface area contributed by atoms with Crippen molar-refractivity contribution in [1.82, 2.24) is 15.1 Å². The Kier molecular flexibility index (Phi) is 8.50. The van der Waals surface area contributed by atoms with Gasteiger partial charge in [0.25, 0.3) is 0 Å². The summed E-state index contributed by atoms with van der Waals surface area (Å²) in [7, 11) is 3.28. The predicted molar refractivity (Wildman–Crippen MR) is 106 cm³/mol. The fraction of sp³-hybridized carbons (Fsp3) is 0.632. The second-order valence-electron chi connectivity index (χ2n) is 6.41. The van der Waals surface area contributed by atoms with Gasteiger partial charge in [-0.3, -0.25) is 9.89 Å². The quantitative estimate of drug-likeness (QED) is 0.499. The SMILES string of the molecule is CCN1CCN(CCN=C(N)NCCc2ccc(OC)c(OC)c2)CC1. The van der Waals surface area contributed by atoms with Crippen LogP contribution in [0, 0.1) is 0 Å². The number of aliphatic imine (C=N–C) groups is 1. The lowest BCUT2D eigenvalue weighted by atomic mass is 10.1. The Morgan fingerprint density at radius 1 is 1.12 bits per heavy atom. The van der Waals surface area contributed by atoms with Crippen molar-refractivity contribution in [3.63, 3.8) is 0 Å². The minimum atomic E-state index is 0.512. The number of rotatable bonds is 9. The predicted octanol–water partition coefficient (Wildman–Crippen LogP) is 0.788. The number of methoxy groups -OCH3 is 2. The first kappa shape index (κ1) is 20.3. The molecule has 0 saturated carbocycles. The van der Waals surface area contributed by atoms with E-state index in [0.717, 1.165) is 75.8 Å². The van der Waals surface area contributed by atoms with E-state index in [0.29, 0.717) is 5.96 Å². The van der Waals surface area contributed by atoms with E-state index in [9.17, 15) is 0 Å². The van der Waals surface area contributed by atoms with Crippen LogP contribution in [0.25, 0.3) is 0 Å². The monoisotopic (exact) mass is 363 g/mol. The number of nitrogens with zero attached hydrogens (tertiary/aromatic N) is 3. The first-order valence-corrected chi connectivity index (χ1v) is 9.35. The maximum Gasteiger partial charge on any atom is 0.188 e. The molecule has 0 radical (unpaired) electrons. The van der Waals surface area contributed by atoms with E-state index in [1.54, 1.807) is 14.2 Å². The lowest BCUT2D eigenvalue weighted by molar-refractivity contribution is 0.140. The van der Waals surface area contributed by atoms with E-state index in [1.807, 2.05) is 18.2 Å². The normalized spacial score (nSPS) is 16.5. The molecule has 7 heteroatoms. The molecule has 1 aliphatic rings.